The number of para-hydroxylation sites is 2. The lowest BCUT2D eigenvalue weighted by molar-refractivity contribution is -0.119. The van der Waals surface area contributed by atoms with Gasteiger partial charge in [-0.15, -0.1) is 0 Å². The van der Waals surface area contributed by atoms with Gasteiger partial charge in [-0.05, 0) is 73.0 Å². The van der Waals surface area contributed by atoms with Gasteiger partial charge < -0.3 is 14.8 Å². The average Bonchev–Trinajstić information content (AvgIpc) is 3.41. The molecule has 1 aromatic heterocycles. The van der Waals surface area contributed by atoms with Crippen LogP contribution in [0, 0.1) is 6.92 Å². The van der Waals surface area contributed by atoms with Crippen LogP contribution in [0.5, 0.6) is 0 Å². The Morgan fingerprint density at radius 1 is 0.947 bits per heavy atom. The fraction of sp³-hybridized carbons (Fsp3) is 0.226. The van der Waals surface area contributed by atoms with Crippen molar-refractivity contribution in [1.82, 2.24) is 9.47 Å². The summed E-state index contributed by atoms with van der Waals surface area (Å²) in [5.74, 6) is -0.152. The second kappa shape index (κ2) is 11.2. The lowest BCUT2D eigenvalue weighted by Crippen LogP contribution is -2.48. The normalized spacial score (nSPS) is 14.0. The van der Waals surface area contributed by atoms with E-state index in [4.69, 9.17) is 11.6 Å². The summed E-state index contributed by atoms with van der Waals surface area (Å²) in [4.78, 5) is 31.0. The summed E-state index contributed by atoms with van der Waals surface area (Å²) in [6.07, 6.45) is 3.73. The predicted octanol–water partition coefficient (Wildman–Crippen LogP) is 7.21. The summed E-state index contributed by atoms with van der Waals surface area (Å²) in [7, 11) is 0. The molecule has 0 saturated carbocycles. The maximum Gasteiger partial charge on any atom is 0.322 e. The predicted molar refractivity (Wildman–Crippen MR) is 153 cm³/mol. The Balaban J connectivity index is 1.50. The Morgan fingerprint density at radius 2 is 1.71 bits per heavy atom. The molecule has 38 heavy (non-hydrogen) atoms. The van der Waals surface area contributed by atoms with E-state index in [9.17, 15) is 9.59 Å². The Bertz CT molecular complexity index is 1450. The number of unbranched alkanes of at least 4 members (excludes halogenated alkanes) is 1. The molecule has 1 unspecified atom stereocenters. The van der Waals surface area contributed by atoms with Gasteiger partial charge in [-0.25, -0.2) is 4.79 Å². The first kappa shape index (κ1) is 25.6. The minimum Gasteiger partial charge on any atom is -0.316 e. The smallest absolute Gasteiger partial charge is 0.316 e. The molecule has 0 spiro atoms. The quantitative estimate of drug-likeness (QED) is 0.276. The third-order valence-corrected chi connectivity index (χ3v) is 7.09. The highest BCUT2D eigenvalue weighted by Crippen LogP contribution is 2.42. The minimum atomic E-state index is -0.363. The number of aromatic nitrogens is 1. The van der Waals surface area contributed by atoms with Crippen LogP contribution < -0.4 is 10.2 Å². The molecule has 4 aromatic rings. The Hall–Kier alpha value is -4.03. The first-order valence-corrected chi connectivity index (χ1v) is 13.3. The van der Waals surface area contributed by atoms with Crippen molar-refractivity contribution >= 4 is 34.9 Å². The molecule has 1 aliphatic heterocycles. The number of urea groups is 1. The van der Waals surface area contributed by atoms with Gasteiger partial charge >= 0.3 is 6.03 Å². The van der Waals surface area contributed by atoms with Gasteiger partial charge in [-0.3, -0.25) is 9.69 Å². The summed E-state index contributed by atoms with van der Waals surface area (Å²) < 4.78 is 2.12. The van der Waals surface area contributed by atoms with Gasteiger partial charge in [0.1, 0.15) is 12.6 Å². The van der Waals surface area contributed by atoms with Crippen LogP contribution in [0.25, 0.3) is 5.69 Å². The molecule has 3 amide bonds. The maximum atomic E-state index is 14.2. The summed E-state index contributed by atoms with van der Waals surface area (Å²) in [5, 5.41) is 3.61. The number of benzene rings is 3. The topological polar surface area (TPSA) is 57.6 Å². The van der Waals surface area contributed by atoms with E-state index < -0.39 is 0 Å². The van der Waals surface area contributed by atoms with E-state index >= 15 is 0 Å². The van der Waals surface area contributed by atoms with Crippen LogP contribution in [-0.4, -0.2) is 34.5 Å². The van der Waals surface area contributed by atoms with Crippen molar-refractivity contribution < 1.29 is 9.59 Å². The van der Waals surface area contributed by atoms with Crippen molar-refractivity contribution in [3.05, 3.63) is 113 Å². The maximum absolute atomic E-state index is 14.2. The van der Waals surface area contributed by atoms with E-state index in [1.165, 1.54) is 0 Å². The molecule has 0 fully saturated rings. The number of halogens is 1. The summed E-state index contributed by atoms with van der Waals surface area (Å²) in [5.41, 5.74) is 5.41. The first-order chi connectivity index (χ1) is 18.5. The Morgan fingerprint density at radius 3 is 2.45 bits per heavy atom. The lowest BCUT2D eigenvalue weighted by atomic mass is 9.97. The zero-order valence-corrected chi connectivity index (χ0v) is 22.4. The highest BCUT2D eigenvalue weighted by Gasteiger charge is 2.37. The van der Waals surface area contributed by atoms with E-state index in [0.717, 1.165) is 41.0 Å². The number of anilines is 2. The Kier molecular flexibility index (Phi) is 7.52. The van der Waals surface area contributed by atoms with E-state index in [0.29, 0.717) is 17.3 Å². The van der Waals surface area contributed by atoms with Gasteiger partial charge in [-0.2, -0.15) is 0 Å². The molecule has 1 atom stereocenters. The molecule has 2 heterocycles. The first-order valence-electron chi connectivity index (χ1n) is 12.9. The monoisotopic (exact) mass is 526 g/mol. The van der Waals surface area contributed by atoms with Gasteiger partial charge in [0, 0.05) is 23.5 Å². The number of rotatable bonds is 7. The number of amides is 3. The van der Waals surface area contributed by atoms with Crippen LogP contribution in [0.1, 0.15) is 42.6 Å². The van der Waals surface area contributed by atoms with E-state index in [-0.39, 0.29) is 24.5 Å². The number of carbonyl (C=O) groups is 2. The number of hydrogen-bond donors (Lipinski definition) is 1. The largest absolute Gasteiger partial charge is 0.322 e. The fourth-order valence-corrected chi connectivity index (χ4v) is 5.11. The van der Waals surface area contributed by atoms with Gasteiger partial charge in [0.2, 0.25) is 5.91 Å². The van der Waals surface area contributed by atoms with Gasteiger partial charge in [0.25, 0.3) is 0 Å². The molecule has 0 radical (unpaired) electrons. The van der Waals surface area contributed by atoms with Gasteiger partial charge in [0.15, 0.2) is 0 Å². The highest BCUT2D eigenvalue weighted by atomic mass is 35.5. The number of aryl methyl sites for hydroxylation is 1. The van der Waals surface area contributed by atoms with E-state index in [2.05, 4.69) is 16.8 Å². The summed E-state index contributed by atoms with van der Waals surface area (Å²) in [6, 6.07) is 26.5. The molecular formula is C31H31ClN4O2. The molecule has 0 saturated heterocycles. The van der Waals surface area contributed by atoms with Crippen LogP contribution in [0.3, 0.4) is 0 Å². The van der Waals surface area contributed by atoms with Crippen molar-refractivity contribution in [1.29, 1.82) is 0 Å². The number of fused-ring (bicyclic) bond motifs is 3. The molecule has 0 aliphatic carbocycles. The second-order valence-corrected chi connectivity index (χ2v) is 10.0. The third-order valence-electron chi connectivity index (χ3n) is 6.84. The molecule has 1 N–H and O–H groups in total. The van der Waals surface area contributed by atoms with Gasteiger partial charge in [-0.1, -0.05) is 61.3 Å². The number of nitrogens with one attached hydrogen (secondary N) is 1. The van der Waals surface area contributed by atoms with Crippen LogP contribution in [0.2, 0.25) is 5.02 Å². The minimum absolute atomic E-state index is 0.0449. The molecule has 194 valence electrons. The molecule has 3 aromatic carbocycles. The molecule has 7 heteroatoms. The van der Waals surface area contributed by atoms with Crippen LogP contribution in [0.15, 0.2) is 91.1 Å². The van der Waals surface area contributed by atoms with Crippen molar-refractivity contribution in [3.63, 3.8) is 0 Å². The lowest BCUT2D eigenvalue weighted by Gasteiger charge is -2.39. The molecule has 5 rings (SSSR count). The van der Waals surface area contributed by atoms with E-state index in [1.54, 1.807) is 4.90 Å². The molecular weight excluding hydrogens is 496 g/mol. The van der Waals surface area contributed by atoms with Crippen LogP contribution in [0.4, 0.5) is 16.2 Å². The SMILES string of the molecule is CCCCN(CC(=O)N1c2ccccc2-n2cccc2C1c1ccc(Cl)cc1)C(=O)Nc1cccc(C)c1. The zero-order valence-electron chi connectivity index (χ0n) is 21.6. The molecule has 1 aliphatic rings. The molecule has 6 nitrogen and oxygen atoms in total. The highest BCUT2D eigenvalue weighted by molar-refractivity contribution is 6.30. The number of hydrogen-bond acceptors (Lipinski definition) is 2. The number of nitrogens with zero attached hydrogens (tertiary/aromatic N) is 3. The van der Waals surface area contributed by atoms with Crippen molar-refractivity contribution in [2.75, 3.05) is 23.3 Å². The zero-order chi connectivity index (χ0) is 26.6. The molecule has 0 bridgehead atoms. The Labute approximate surface area is 228 Å². The van der Waals surface area contributed by atoms with Crippen molar-refractivity contribution in [2.45, 2.75) is 32.7 Å². The van der Waals surface area contributed by atoms with Crippen LogP contribution >= 0.6 is 11.6 Å². The third kappa shape index (κ3) is 5.18. The van der Waals surface area contributed by atoms with Crippen LogP contribution in [-0.2, 0) is 4.79 Å². The summed E-state index contributed by atoms with van der Waals surface area (Å²) >= 11 is 6.20. The fourth-order valence-electron chi connectivity index (χ4n) is 4.99. The van der Waals surface area contributed by atoms with Crippen molar-refractivity contribution in [3.8, 4) is 5.69 Å². The summed E-state index contributed by atoms with van der Waals surface area (Å²) in [6.45, 7) is 4.49. The standard InChI is InChI=1S/C31H31ClN4O2/c1-3-4-18-34(31(38)33-25-10-7-9-22(2)20-25)21-29(37)36-27-12-6-5-11-26(27)35-19-8-13-28(35)30(36)23-14-16-24(32)17-15-23/h5-17,19-20,30H,3-4,18,21H2,1-2H3,(H,33,38). The average molecular weight is 527 g/mol. The van der Waals surface area contributed by atoms with Crippen molar-refractivity contribution in [2.24, 2.45) is 0 Å². The second-order valence-electron chi connectivity index (χ2n) is 9.58. The number of carbonyl (C=O) groups excluding carboxylic acids is 2. The van der Waals surface area contributed by atoms with E-state index in [1.807, 2.05) is 103 Å². The van der Waals surface area contributed by atoms with Gasteiger partial charge in [0.05, 0.1) is 17.1 Å².